The maximum absolute atomic E-state index is 14.2. The van der Waals surface area contributed by atoms with E-state index in [0.717, 1.165) is 17.8 Å². The van der Waals surface area contributed by atoms with E-state index in [1.807, 2.05) is 25.1 Å². The summed E-state index contributed by atoms with van der Waals surface area (Å²) < 4.78 is 14.2. The molecule has 7 heteroatoms. The molecule has 1 atom stereocenters. The number of halogens is 1. The van der Waals surface area contributed by atoms with Crippen LogP contribution in [0, 0.1) is 15.9 Å². The summed E-state index contributed by atoms with van der Waals surface area (Å²) in [6, 6.07) is 10.6. The minimum absolute atomic E-state index is 0.172. The minimum Gasteiger partial charge on any atom is -0.381 e. The Morgan fingerprint density at radius 2 is 2.08 bits per heavy atom. The molecule has 1 aliphatic heterocycles. The standard InChI is InChI=1S/C17H16FN3O3/c1-11-8-9-20(16-5-3-2-4-15(16)19-11)17(22)13-7-6-12(21(23)24)10-14(13)18/h2-7,10-11,19H,8-9H2,1H3/t11-/m0/s1. The van der Waals surface area contributed by atoms with E-state index >= 15 is 0 Å². The molecule has 1 amide bonds. The third kappa shape index (κ3) is 2.92. The number of anilines is 2. The normalized spacial score (nSPS) is 16.8. The molecular weight excluding hydrogens is 313 g/mol. The Labute approximate surface area is 138 Å². The van der Waals surface area contributed by atoms with Crippen LogP contribution < -0.4 is 10.2 Å². The van der Waals surface area contributed by atoms with Crippen LogP contribution in [-0.2, 0) is 0 Å². The Kier molecular flexibility index (Phi) is 4.16. The van der Waals surface area contributed by atoms with E-state index in [2.05, 4.69) is 5.32 Å². The van der Waals surface area contributed by atoms with Crippen molar-refractivity contribution in [2.75, 3.05) is 16.8 Å². The summed E-state index contributed by atoms with van der Waals surface area (Å²) >= 11 is 0. The van der Waals surface area contributed by atoms with Crippen LogP contribution >= 0.6 is 0 Å². The first-order valence-corrected chi connectivity index (χ1v) is 7.58. The number of carbonyl (C=O) groups is 1. The van der Waals surface area contributed by atoms with E-state index in [9.17, 15) is 19.3 Å². The zero-order chi connectivity index (χ0) is 17.3. The summed E-state index contributed by atoms with van der Waals surface area (Å²) in [5, 5.41) is 14.0. The number of nitro benzene ring substituents is 1. The van der Waals surface area contributed by atoms with Crippen LogP contribution in [0.25, 0.3) is 0 Å². The predicted molar refractivity (Wildman–Crippen MR) is 88.9 cm³/mol. The number of non-ortho nitro benzene ring substituents is 1. The molecule has 1 aliphatic rings. The highest BCUT2D eigenvalue weighted by Crippen LogP contribution is 2.31. The molecule has 0 unspecified atom stereocenters. The number of nitro groups is 1. The van der Waals surface area contributed by atoms with Gasteiger partial charge < -0.3 is 10.2 Å². The number of carbonyl (C=O) groups excluding carboxylic acids is 1. The van der Waals surface area contributed by atoms with Gasteiger partial charge in [-0.25, -0.2) is 4.39 Å². The minimum atomic E-state index is -0.892. The molecule has 0 aliphatic carbocycles. The molecule has 1 N–H and O–H groups in total. The zero-order valence-electron chi connectivity index (χ0n) is 13.0. The fourth-order valence-corrected chi connectivity index (χ4v) is 2.76. The van der Waals surface area contributed by atoms with Gasteiger partial charge in [-0.3, -0.25) is 14.9 Å². The molecular formula is C17H16FN3O3. The van der Waals surface area contributed by atoms with Crippen LogP contribution in [0.3, 0.4) is 0 Å². The van der Waals surface area contributed by atoms with Gasteiger partial charge >= 0.3 is 0 Å². The molecule has 6 nitrogen and oxygen atoms in total. The maximum Gasteiger partial charge on any atom is 0.272 e. The van der Waals surface area contributed by atoms with Crippen LogP contribution in [0.2, 0.25) is 0 Å². The molecule has 2 aromatic carbocycles. The summed E-state index contributed by atoms with van der Waals surface area (Å²) in [5.41, 5.74) is 0.920. The van der Waals surface area contributed by atoms with Crippen LogP contribution in [0.15, 0.2) is 42.5 Å². The molecule has 2 aromatic rings. The Bertz CT molecular complexity index is 809. The van der Waals surface area contributed by atoms with Crippen molar-refractivity contribution in [2.45, 2.75) is 19.4 Å². The van der Waals surface area contributed by atoms with Gasteiger partial charge in [0.25, 0.3) is 11.6 Å². The molecule has 0 saturated carbocycles. The Balaban J connectivity index is 1.99. The van der Waals surface area contributed by atoms with Crippen LogP contribution in [0.5, 0.6) is 0 Å². The van der Waals surface area contributed by atoms with E-state index < -0.39 is 16.6 Å². The number of rotatable bonds is 2. The maximum atomic E-state index is 14.2. The smallest absolute Gasteiger partial charge is 0.272 e. The number of amides is 1. The molecule has 0 fully saturated rings. The Morgan fingerprint density at radius 3 is 2.79 bits per heavy atom. The number of benzene rings is 2. The van der Waals surface area contributed by atoms with Gasteiger partial charge in [0, 0.05) is 18.7 Å². The lowest BCUT2D eigenvalue weighted by Gasteiger charge is -2.22. The lowest BCUT2D eigenvalue weighted by molar-refractivity contribution is -0.385. The predicted octanol–water partition coefficient (Wildman–Crippen LogP) is 3.58. The molecule has 0 aromatic heterocycles. The van der Waals surface area contributed by atoms with Gasteiger partial charge in [0.15, 0.2) is 0 Å². The van der Waals surface area contributed by atoms with Gasteiger partial charge in [-0.2, -0.15) is 0 Å². The summed E-state index contributed by atoms with van der Waals surface area (Å²) in [4.78, 5) is 24.3. The Morgan fingerprint density at radius 1 is 1.33 bits per heavy atom. The van der Waals surface area contributed by atoms with Gasteiger partial charge in [0.2, 0.25) is 0 Å². The van der Waals surface area contributed by atoms with Gasteiger partial charge in [0.05, 0.1) is 27.9 Å². The SMILES string of the molecule is C[C@H]1CCN(C(=O)c2ccc([N+](=O)[O-])cc2F)c2ccccc2N1. The number of para-hydroxylation sites is 2. The van der Waals surface area contributed by atoms with E-state index in [0.29, 0.717) is 18.7 Å². The first kappa shape index (κ1) is 15.9. The first-order chi connectivity index (χ1) is 11.5. The van der Waals surface area contributed by atoms with E-state index in [1.165, 1.54) is 11.0 Å². The highest BCUT2D eigenvalue weighted by atomic mass is 19.1. The van der Waals surface area contributed by atoms with Crippen molar-refractivity contribution in [3.8, 4) is 0 Å². The van der Waals surface area contributed by atoms with Crippen molar-refractivity contribution in [2.24, 2.45) is 0 Å². The van der Waals surface area contributed by atoms with Crippen molar-refractivity contribution >= 4 is 23.0 Å². The van der Waals surface area contributed by atoms with Gasteiger partial charge in [0.1, 0.15) is 5.82 Å². The van der Waals surface area contributed by atoms with E-state index in [1.54, 1.807) is 6.07 Å². The number of hydrogen-bond donors (Lipinski definition) is 1. The van der Waals surface area contributed by atoms with E-state index in [4.69, 9.17) is 0 Å². The molecule has 124 valence electrons. The van der Waals surface area contributed by atoms with Crippen molar-refractivity contribution in [1.29, 1.82) is 0 Å². The summed E-state index contributed by atoms with van der Waals surface area (Å²) in [6.07, 6.45) is 0.703. The highest BCUT2D eigenvalue weighted by Gasteiger charge is 2.26. The third-order valence-electron chi connectivity index (χ3n) is 4.02. The molecule has 0 bridgehead atoms. The Hall–Kier alpha value is -2.96. The second kappa shape index (κ2) is 6.27. The summed E-state index contributed by atoms with van der Waals surface area (Å²) in [5.74, 6) is -1.40. The fourth-order valence-electron chi connectivity index (χ4n) is 2.76. The van der Waals surface area contributed by atoms with Gasteiger partial charge in [-0.05, 0) is 31.5 Å². The molecule has 0 saturated heterocycles. The lowest BCUT2D eigenvalue weighted by Crippen LogP contribution is -2.32. The summed E-state index contributed by atoms with van der Waals surface area (Å²) in [7, 11) is 0. The van der Waals surface area contributed by atoms with Crippen molar-refractivity contribution in [3.05, 3.63) is 64.0 Å². The average molecular weight is 329 g/mol. The largest absolute Gasteiger partial charge is 0.381 e. The molecule has 1 heterocycles. The van der Waals surface area contributed by atoms with Crippen molar-refractivity contribution in [3.63, 3.8) is 0 Å². The lowest BCUT2D eigenvalue weighted by atomic mass is 10.1. The van der Waals surface area contributed by atoms with Crippen LogP contribution in [0.4, 0.5) is 21.5 Å². The molecule has 24 heavy (non-hydrogen) atoms. The highest BCUT2D eigenvalue weighted by molar-refractivity contribution is 6.08. The topological polar surface area (TPSA) is 75.5 Å². The molecule has 0 spiro atoms. The fraction of sp³-hybridized carbons (Fsp3) is 0.235. The quantitative estimate of drug-likeness (QED) is 0.675. The van der Waals surface area contributed by atoms with Crippen molar-refractivity contribution < 1.29 is 14.1 Å². The third-order valence-corrected chi connectivity index (χ3v) is 4.02. The van der Waals surface area contributed by atoms with Gasteiger partial charge in [-0.1, -0.05) is 12.1 Å². The van der Waals surface area contributed by atoms with Crippen molar-refractivity contribution in [1.82, 2.24) is 0 Å². The number of nitrogens with zero attached hydrogens (tertiary/aromatic N) is 2. The molecule has 3 rings (SSSR count). The number of nitrogens with one attached hydrogen (secondary N) is 1. The molecule has 0 radical (unpaired) electrons. The number of hydrogen-bond acceptors (Lipinski definition) is 4. The monoisotopic (exact) mass is 329 g/mol. The number of fused-ring (bicyclic) bond motifs is 1. The summed E-state index contributed by atoms with van der Waals surface area (Å²) in [6.45, 7) is 2.44. The van der Waals surface area contributed by atoms with E-state index in [-0.39, 0.29) is 17.3 Å². The van der Waals surface area contributed by atoms with Gasteiger partial charge in [-0.15, -0.1) is 0 Å². The second-order valence-electron chi connectivity index (χ2n) is 5.73. The average Bonchev–Trinajstić information content (AvgIpc) is 2.72. The van der Waals surface area contributed by atoms with Crippen LogP contribution in [0.1, 0.15) is 23.7 Å². The van der Waals surface area contributed by atoms with Crippen LogP contribution in [-0.4, -0.2) is 23.4 Å². The first-order valence-electron chi connectivity index (χ1n) is 7.58. The second-order valence-corrected chi connectivity index (χ2v) is 5.73. The zero-order valence-corrected chi connectivity index (χ0v) is 13.0.